The van der Waals surface area contributed by atoms with Crippen LogP contribution >= 0.6 is 22.7 Å². The lowest BCUT2D eigenvalue weighted by Crippen LogP contribution is -2.12. The van der Waals surface area contributed by atoms with Crippen molar-refractivity contribution >= 4 is 22.7 Å². The molecule has 2 aromatic rings. The van der Waals surface area contributed by atoms with Crippen LogP contribution in [0.5, 0.6) is 11.5 Å². The lowest BCUT2D eigenvalue weighted by molar-refractivity contribution is 0.0246. The summed E-state index contributed by atoms with van der Waals surface area (Å²) in [6.45, 7) is 4.36. The molecule has 0 atom stereocenters. The summed E-state index contributed by atoms with van der Waals surface area (Å²) in [4.78, 5) is 2.06. The molecule has 2 N–H and O–H groups in total. The van der Waals surface area contributed by atoms with E-state index < -0.39 is 0 Å². The summed E-state index contributed by atoms with van der Waals surface area (Å²) in [5.74, 6) is 1.62. The van der Waals surface area contributed by atoms with Gasteiger partial charge in [-0.05, 0) is 22.9 Å². The van der Waals surface area contributed by atoms with Crippen LogP contribution in [0.25, 0.3) is 9.75 Å². The first-order valence-corrected chi connectivity index (χ1v) is 11.6. The molecule has 0 saturated heterocycles. The summed E-state index contributed by atoms with van der Waals surface area (Å²) in [6, 6.07) is 3.90. The fourth-order valence-electron chi connectivity index (χ4n) is 2.35. The summed E-state index contributed by atoms with van der Waals surface area (Å²) in [6.07, 6.45) is 0. The number of aliphatic hydroxyl groups is 2. The van der Waals surface area contributed by atoms with E-state index in [1.54, 1.807) is 22.7 Å². The molecular weight excluding hydrogens is 432 g/mol. The molecule has 0 radical (unpaired) electrons. The Labute approximate surface area is 184 Å². The van der Waals surface area contributed by atoms with E-state index in [0.717, 1.165) is 21.3 Å². The molecule has 0 aromatic carbocycles. The molecule has 0 aliphatic heterocycles. The first-order chi connectivity index (χ1) is 14.9. The predicted molar refractivity (Wildman–Crippen MR) is 116 cm³/mol. The van der Waals surface area contributed by atoms with E-state index in [1.807, 2.05) is 22.9 Å². The molecule has 0 fully saturated rings. The maximum absolute atomic E-state index is 8.63. The van der Waals surface area contributed by atoms with Crippen LogP contribution in [-0.2, 0) is 18.9 Å². The summed E-state index contributed by atoms with van der Waals surface area (Å²) >= 11 is 3.21. The smallest absolute Gasteiger partial charge is 0.138 e. The van der Waals surface area contributed by atoms with Gasteiger partial charge in [0.2, 0.25) is 0 Å². The lowest BCUT2D eigenvalue weighted by Gasteiger charge is -2.10. The first-order valence-electron chi connectivity index (χ1n) is 9.80. The van der Waals surface area contributed by atoms with E-state index in [9.17, 15) is 0 Å². The Bertz CT molecular complexity index is 605. The first kappa shape index (κ1) is 25.0. The van der Waals surface area contributed by atoms with E-state index in [4.69, 9.17) is 38.6 Å². The topological polar surface area (TPSA) is 95.8 Å². The van der Waals surface area contributed by atoms with E-state index in [1.165, 1.54) is 0 Å². The molecule has 2 rings (SSSR count). The molecule has 0 bridgehead atoms. The third-order valence-electron chi connectivity index (χ3n) is 3.65. The average molecular weight is 463 g/mol. The standard InChI is InChI=1S/C20H30O8S2/c21-3-5-23-7-9-25-11-13-27-17-1-15-29-19(17)20-18(2-16-30-20)28-14-12-26-10-8-24-6-4-22/h1-2,15-16,21-22H,3-14H2. The van der Waals surface area contributed by atoms with E-state index in [-0.39, 0.29) is 13.2 Å². The quantitative estimate of drug-likeness (QED) is 0.307. The summed E-state index contributed by atoms with van der Waals surface area (Å²) in [7, 11) is 0. The Hall–Kier alpha value is -1.24. The zero-order valence-electron chi connectivity index (χ0n) is 17.0. The van der Waals surface area contributed by atoms with Crippen molar-refractivity contribution in [3.63, 3.8) is 0 Å². The Morgan fingerprint density at radius 1 is 0.533 bits per heavy atom. The van der Waals surface area contributed by atoms with Crippen LogP contribution < -0.4 is 9.47 Å². The van der Waals surface area contributed by atoms with Gasteiger partial charge in [0.1, 0.15) is 24.7 Å². The van der Waals surface area contributed by atoms with Crippen LogP contribution in [0.3, 0.4) is 0 Å². The van der Waals surface area contributed by atoms with Gasteiger partial charge in [-0.2, -0.15) is 0 Å². The van der Waals surface area contributed by atoms with Crippen molar-refractivity contribution in [3.8, 4) is 21.3 Å². The van der Waals surface area contributed by atoms with Crippen molar-refractivity contribution < 1.29 is 38.6 Å². The Morgan fingerprint density at radius 3 is 1.30 bits per heavy atom. The van der Waals surface area contributed by atoms with Gasteiger partial charge < -0.3 is 38.6 Å². The van der Waals surface area contributed by atoms with E-state index in [2.05, 4.69) is 0 Å². The number of hydrogen-bond acceptors (Lipinski definition) is 10. The Morgan fingerprint density at radius 2 is 0.900 bits per heavy atom. The summed E-state index contributed by atoms with van der Waals surface area (Å²) in [5, 5.41) is 21.3. The van der Waals surface area contributed by atoms with Gasteiger partial charge in [0, 0.05) is 0 Å². The Kier molecular flexibility index (Phi) is 13.7. The second kappa shape index (κ2) is 16.5. The van der Waals surface area contributed by atoms with Crippen LogP contribution in [-0.4, -0.2) is 89.5 Å². The molecule has 0 spiro atoms. The van der Waals surface area contributed by atoms with Crippen molar-refractivity contribution in [2.75, 3.05) is 79.3 Å². The summed E-state index contributed by atoms with van der Waals surface area (Å²) < 4.78 is 32.9. The Balaban J connectivity index is 1.68. The fraction of sp³-hybridized carbons (Fsp3) is 0.600. The van der Waals surface area contributed by atoms with Gasteiger partial charge in [-0.25, -0.2) is 0 Å². The highest BCUT2D eigenvalue weighted by atomic mass is 32.1. The number of thiophene rings is 2. The van der Waals surface area contributed by atoms with E-state index in [0.29, 0.717) is 66.1 Å². The van der Waals surface area contributed by atoms with Crippen molar-refractivity contribution in [1.82, 2.24) is 0 Å². The number of rotatable bonds is 19. The van der Waals surface area contributed by atoms with Gasteiger partial charge in [0.05, 0.1) is 75.8 Å². The molecule has 2 aromatic heterocycles. The average Bonchev–Trinajstić information content (AvgIpc) is 3.41. The third-order valence-corrected chi connectivity index (χ3v) is 5.61. The zero-order chi connectivity index (χ0) is 21.3. The van der Waals surface area contributed by atoms with Crippen molar-refractivity contribution in [2.45, 2.75) is 0 Å². The number of aliphatic hydroxyl groups excluding tert-OH is 2. The normalized spacial score (nSPS) is 11.1. The SMILES string of the molecule is OCCOCCOCCOc1ccsc1-c1sccc1OCCOCCOCCO. The predicted octanol–water partition coefficient (Wildman–Crippen LogP) is 2.29. The van der Waals surface area contributed by atoms with Crippen molar-refractivity contribution in [2.24, 2.45) is 0 Å². The third kappa shape index (κ3) is 9.71. The van der Waals surface area contributed by atoms with Gasteiger partial charge in [0.25, 0.3) is 0 Å². The molecule has 2 heterocycles. The van der Waals surface area contributed by atoms with Gasteiger partial charge in [-0.15, -0.1) is 22.7 Å². The van der Waals surface area contributed by atoms with Crippen molar-refractivity contribution in [1.29, 1.82) is 0 Å². The molecule has 10 heteroatoms. The second-order valence-electron chi connectivity index (χ2n) is 5.82. The van der Waals surface area contributed by atoms with E-state index >= 15 is 0 Å². The number of hydrogen-bond donors (Lipinski definition) is 2. The molecule has 8 nitrogen and oxygen atoms in total. The fourth-order valence-corrected chi connectivity index (χ4v) is 4.19. The van der Waals surface area contributed by atoms with Gasteiger partial charge in [-0.1, -0.05) is 0 Å². The molecular formula is C20H30O8S2. The minimum atomic E-state index is 0.0197. The monoisotopic (exact) mass is 462 g/mol. The maximum Gasteiger partial charge on any atom is 0.138 e. The van der Waals surface area contributed by atoms with Crippen LogP contribution in [0.4, 0.5) is 0 Å². The van der Waals surface area contributed by atoms with Gasteiger partial charge in [0.15, 0.2) is 0 Å². The van der Waals surface area contributed by atoms with Gasteiger partial charge >= 0.3 is 0 Å². The summed E-state index contributed by atoms with van der Waals surface area (Å²) in [5.41, 5.74) is 0. The molecule has 0 amide bonds. The molecule has 0 aliphatic rings. The number of ether oxygens (including phenoxy) is 6. The molecule has 30 heavy (non-hydrogen) atoms. The van der Waals surface area contributed by atoms with Crippen LogP contribution in [0.2, 0.25) is 0 Å². The molecule has 0 aliphatic carbocycles. The van der Waals surface area contributed by atoms with Crippen LogP contribution in [0.1, 0.15) is 0 Å². The zero-order valence-corrected chi connectivity index (χ0v) is 18.6. The second-order valence-corrected chi connectivity index (χ2v) is 7.65. The minimum Gasteiger partial charge on any atom is -0.490 e. The van der Waals surface area contributed by atoms with Crippen LogP contribution in [0, 0.1) is 0 Å². The highest BCUT2D eigenvalue weighted by molar-refractivity contribution is 7.21. The minimum absolute atomic E-state index is 0.0197. The van der Waals surface area contributed by atoms with Gasteiger partial charge in [-0.3, -0.25) is 0 Å². The highest BCUT2D eigenvalue weighted by Crippen LogP contribution is 2.44. The largest absolute Gasteiger partial charge is 0.490 e. The molecule has 170 valence electrons. The molecule has 0 unspecified atom stereocenters. The molecule has 0 saturated carbocycles. The maximum atomic E-state index is 8.63. The van der Waals surface area contributed by atoms with Crippen molar-refractivity contribution in [3.05, 3.63) is 22.9 Å². The van der Waals surface area contributed by atoms with Crippen LogP contribution in [0.15, 0.2) is 22.9 Å². The lowest BCUT2D eigenvalue weighted by atomic mass is 10.3. The highest BCUT2D eigenvalue weighted by Gasteiger charge is 2.15.